The van der Waals surface area contributed by atoms with Crippen molar-refractivity contribution < 1.29 is 48.8 Å². The molecule has 0 spiro atoms. The van der Waals surface area contributed by atoms with Gasteiger partial charge >= 0.3 is 5.97 Å². The minimum Gasteiger partial charge on any atom is -0.507 e. The van der Waals surface area contributed by atoms with Crippen LogP contribution >= 0.6 is 39.1 Å². The van der Waals surface area contributed by atoms with Crippen molar-refractivity contribution in [3.63, 3.8) is 0 Å². The molecule has 4 aliphatic rings. The number of ether oxygens (including phenoxy) is 2. The molecule has 2 heterocycles. The molecule has 0 radical (unpaired) electrons. The predicted octanol–water partition coefficient (Wildman–Crippen LogP) is 4.27. The van der Waals surface area contributed by atoms with Crippen molar-refractivity contribution in [2.24, 2.45) is 23.7 Å². The summed E-state index contributed by atoms with van der Waals surface area (Å²) < 4.78 is 10.5. The number of allylic oxidation sites excluding steroid dienone is 3. The van der Waals surface area contributed by atoms with Gasteiger partial charge in [0, 0.05) is 12.0 Å². The molecule has 6 rings (SSSR count). The Bertz CT molecular complexity index is 1810. The van der Waals surface area contributed by atoms with Crippen LogP contribution in [0, 0.1) is 23.7 Å². The van der Waals surface area contributed by atoms with E-state index in [4.69, 9.17) is 32.7 Å². The SMILES string of the molecule is COc1cc(C=CC2C3=CCC4C(=O)N(c5ccc(C(=O)O)c(O)c5)C(=O)C4C3CC3(Cl)C(=O)N(CBr)C(=O)C23Cl)cc(OC)c1O. The summed E-state index contributed by atoms with van der Waals surface area (Å²) in [6.07, 6.45) is 4.86. The summed E-state index contributed by atoms with van der Waals surface area (Å²) in [5, 5.41) is 30.0. The normalized spacial score (nSPS) is 29.9. The van der Waals surface area contributed by atoms with Crippen LogP contribution in [-0.2, 0) is 19.2 Å². The van der Waals surface area contributed by atoms with E-state index in [0.29, 0.717) is 11.1 Å². The number of rotatable bonds is 7. The van der Waals surface area contributed by atoms with Gasteiger partial charge in [-0.2, -0.15) is 0 Å². The zero-order chi connectivity index (χ0) is 34.2. The quantitative estimate of drug-likeness (QED) is 0.161. The minimum atomic E-state index is -2.00. The second-order valence-electron chi connectivity index (χ2n) is 11.7. The van der Waals surface area contributed by atoms with Crippen LogP contribution in [0.4, 0.5) is 5.69 Å². The summed E-state index contributed by atoms with van der Waals surface area (Å²) >= 11 is 17.6. The largest absolute Gasteiger partial charge is 0.507 e. The molecular formula is C32H27BrCl2N2O10. The number of carbonyl (C=O) groups is 5. The Hall–Kier alpha value is -4.07. The Balaban J connectivity index is 1.46. The van der Waals surface area contributed by atoms with Gasteiger partial charge in [-0.25, -0.2) is 9.69 Å². The third-order valence-corrected chi connectivity index (χ3v) is 11.5. The van der Waals surface area contributed by atoms with E-state index in [9.17, 15) is 39.3 Å². The molecule has 2 aromatic carbocycles. The number of imide groups is 2. The van der Waals surface area contributed by atoms with Crippen LogP contribution in [0.25, 0.3) is 6.08 Å². The number of amides is 4. The number of halogens is 3. The Labute approximate surface area is 286 Å². The van der Waals surface area contributed by atoms with E-state index >= 15 is 0 Å². The zero-order valence-corrected chi connectivity index (χ0v) is 27.9. The fraction of sp³-hybridized carbons (Fsp3) is 0.344. The molecule has 3 N–H and O–H groups in total. The highest BCUT2D eigenvalue weighted by molar-refractivity contribution is 9.09. The highest BCUT2D eigenvalue weighted by atomic mass is 79.9. The number of carboxylic acid groups (broad SMARTS) is 1. The number of aromatic hydroxyl groups is 2. The van der Waals surface area contributed by atoms with E-state index in [1.54, 1.807) is 18.2 Å². The number of hydrogen-bond donors (Lipinski definition) is 3. The van der Waals surface area contributed by atoms with Crippen LogP contribution in [0.1, 0.15) is 28.8 Å². The molecule has 0 bridgehead atoms. The lowest BCUT2D eigenvalue weighted by molar-refractivity contribution is -0.138. The highest BCUT2D eigenvalue weighted by Crippen LogP contribution is 2.63. The van der Waals surface area contributed by atoms with Gasteiger partial charge < -0.3 is 24.8 Å². The first-order valence-electron chi connectivity index (χ1n) is 14.3. The fourth-order valence-corrected chi connectivity index (χ4v) is 8.69. The number of aromatic carboxylic acids is 1. The van der Waals surface area contributed by atoms with E-state index in [2.05, 4.69) is 15.9 Å². The fourth-order valence-electron chi connectivity index (χ4n) is 7.31. The lowest BCUT2D eigenvalue weighted by atomic mass is 9.57. The topological polar surface area (TPSA) is 171 Å². The first kappa shape index (κ1) is 32.9. The second-order valence-corrected chi connectivity index (χ2v) is 13.4. The highest BCUT2D eigenvalue weighted by Gasteiger charge is 2.75. The van der Waals surface area contributed by atoms with Crippen molar-refractivity contribution in [2.75, 3.05) is 24.6 Å². The average Bonchev–Trinajstić information content (AvgIpc) is 3.38. The molecule has 2 saturated heterocycles. The van der Waals surface area contributed by atoms with Gasteiger partial charge in [0.05, 0.1) is 37.2 Å². The monoisotopic (exact) mass is 748 g/mol. The Morgan fingerprint density at radius 2 is 1.68 bits per heavy atom. The van der Waals surface area contributed by atoms with Gasteiger partial charge in [0.1, 0.15) is 11.3 Å². The molecule has 12 nitrogen and oxygen atoms in total. The molecule has 6 unspecified atom stereocenters. The number of alkyl halides is 3. The number of benzene rings is 2. The first-order valence-corrected chi connectivity index (χ1v) is 16.2. The lowest BCUT2D eigenvalue weighted by Gasteiger charge is -2.49. The van der Waals surface area contributed by atoms with Crippen molar-refractivity contribution in [2.45, 2.75) is 22.6 Å². The number of carboxylic acids is 1. The summed E-state index contributed by atoms with van der Waals surface area (Å²) in [4.78, 5) is 64.7. The number of phenols is 2. The number of likely N-dealkylation sites (tertiary alicyclic amines) is 1. The average molecular weight is 750 g/mol. The van der Waals surface area contributed by atoms with Crippen molar-refractivity contribution in [1.29, 1.82) is 0 Å². The van der Waals surface area contributed by atoms with Gasteiger partial charge in [-0.15, -0.1) is 23.2 Å². The molecule has 15 heteroatoms. The number of phenolic OH excluding ortho intramolecular Hbond substituents is 1. The van der Waals surface area contributed by atoms with Gasteiger partial charge in [0.15, 0.2) is 21.2 Å². The summed E-state index contributed by atoms with van der Waals surface area (Å²) in [6.45, 7) is 0. The molecule has 4 amide bonds. The smallest absolute Gasteiger partial charge is 0.339 e. The number of anilines is 1. The molecular weight excluding hydrogens is 723 g/mol. The molecule has 2 aromatic rings. The summed E-state index contributed by atoms with van der Waals surface area (Å²) in [7, 11) is 2.74. The molecule has 246 valence electrons. The molecule has 1 saturated carbocycles. The van der Waals surface area contributed by atoms with Crippen molar-refractivity contribution >= 4 is 80.5 Å². The van der Waals surface area contributed by atoms with Crippen LogP contribution in [-0.4, -0.2) is 79.2 Å². The number of carbonyl (C=O) groups excluding carboxylic acids is 4. The first-order chi connectivity index (χ1) is 22.2. The maximum Gasteiger partial charge on any atom is 0.339 e. The van der Waals surface area contributed by atoms with Gasteiger partial charge in [0.25, 0.3) is 11.8 Å². The molecule has 0 aromatic heterocycles. The van der Waals surface area contributed by atoms with Crippen molar-refractivity contribution in [3.8, 4) is 23.0 Å². The number of fused-ring (bicyclic) bond motifs is 4. The standard InChI is InChI=1S/C32H27BrCl2N2O10/c1-46-22-9-14(10-23(47-2)25(22)39)3-8-20-16-6-7-18-24(19(16)12-31(34)29(44)36(13-33)30(45)32(20,31)35)27(41)37(26(18)40)15-4-5-17(28(42)43)21(38)11-15/h3-6,8-11,18-20,24,38-39H,7,12-13H2,1-2H3,(H,42,43). The van der Waals surface area contributed by atoms with Crippen LogP contribution in [0.5, 0.6) is 23.0 Å². The third kappa shape index (κ3) is 4.57. The third-order valence-electron chi connectivity index (χ3n) is 9.52. The molecule has 3 fully saturated rings. The number of nitrogens with zero attached hydrogens (tertiary/aromatic N) is 2. The predicted molar refractivity (Wildman–Crippen MR) is 172 cm³/mol. The number of methoxy groups -OCH3 is 2. The summed E-state index contributed by atoms with van der Waals surface area (Å²) in [6, 6.07) is 6.46. The van der Waals surface area contributed by atoms with E-state index in [1.165, 1.54) is 32.4 Å². The maximum atomic E-state index is 14.1. The van der Waals surface area contributed by atoms with Crippen LogP contribution in [0.3, 0.4) is 0 Å². The van der Waals surface area contributed by atoms with E-state index in [-0.39, 0.29) is 41.2 Å². The van der Waals surface area contributed by atoms with E-state index in [1.807, 2.05) is 0 Å². The van der Waals surface area contributed by atoms with Gasteiger partial charge in [-0.3, -0.25) is 24.1 Å². The molecule has 47 heavy (non-hydrogen) atoms. The Morgan fingerprint density at radius 3 is 2.26 bits per heavy atom. The molecule has 2 aliphatic carbocycles. The van der Waals surface area contributed by atoms with Gasteiger partial charge in [0.2, 0.25) is 17.6 Å². The summed E-state index contributed by atoms with van der Waals surface area (Å²) in [5.41, 5.74) is 0.461. The maximum absolute atomic E-state index is 14.1. The molecule has 6 atom stereocenters. The van der Waals surface area contributed by atoms with E-state index < -0.39 is 74.3 Å². The van der Waals surface area contributed by atoms with Gasteiger partial charge in [-0.05, 0) is 48.6 Å². The lowest BCUT2D eigenvalue weighted by Crippen LogP contribution is -2.60. The van der Waals surface area contributed by atoms with Crippen LogP contribution in [0.2, 0.25) is 0 Å². The van der Waals surface area contributed by atoms with Crippen LogP contribution in [0.15, 0.2) is 48.1 Å². The van der Waals surface area contributed by atoms with Crippen molar-refractivity contribution in [3.05, 3.63) is 59.2 Å². The second kappa shape index (κ2) is 11.6. The van der Waals surface area contributed by atoms with Gasteiger partial charge in [-0.1, -0.05) is 39.7 Å². The zero-order valence-electron chi connectivity index (χ0n) is 24.8. The number of hydrogen-bond acceptors (Lipinski definition) is 9. The van der Waals surface area contributed by atoms with Crippen LogP contribution < -0.4 is 14.4 Å². The van der Waals surface area contributed by atoms with E-state index in [0.717, 1.165) is 21.9 Å². The Morgan fingerprint density at radius 1 is 1.02 bits per heavy atom. The van der Waals surface area contributed by atoms with Crippen molar-refractivity contribution in [1.82, 2.24) is 4.90 Å². The summed E-state index contributed by atoms with van der Waals surface area (Å²) in [5.74, 6) is -8.30. The minimum absolute atomic E-state index is 0.00853. The molecule has 2 aliphatic heterocycles. The Kier molecular flexibility index (Phi) is 8.09.